The Morgan fingerprint density at radius 3 is 2.71 bits per heavy atom. The maximum Gasteiger partial charge on any atom is 0.253 e. The first-order valence-electron chi connectivity index (χ1n) is 13.3. The van der Waals surface area contributed by atoms with Gasteiger partial charge in [0.15, 0.2) is 0 Å². The number of anilines is 1. The van der Waals surface area contributed by atoms with Gasteiger partial charge >= 0.3 is 0 Å². The summed E-state index contributed by atoms with van der Waals surface area (Å²) in [6.45, 7) is 7.28. The molecule has 1 aromatic carbocycles. The third-order valence-corrected chi connectivity index (χ3v) is 8.31. The number of carbonyl (C=O) groups excluding carboxylic acids is 3. The molecule has 4 aliphatic heterocycles. The van der Waals surface area contributed by atoms with Crippen molar-refractivity contribution < 1.29 is 14.4 Å². The molecule has 3 fully saturated rings. The number of amides is 3. The number of benzene rings is 1. The summed E-state index contributed by atoms with van der Waals surface area (Å²) in [5.74, 6) is -0.215. The molecule has 0 unspecified atom stereocenters. The topological polar surface area (TPSA) is 73.0 Å². The van der Waals surface area contributed by atoms with Crippen molar-refractivity contribution in [3.05, 3.63) is 41.5 Å². The molecule has 5 rings (SSSR count). The molecule has 3 amide bonds. The Bertz CT molecular complexity index is 1030. The molecular formula is C28H38N4O3. The Balaban J connectivity index is 1.44. The minimum atomic E-state index is -0.893. The summed E-state index contributed by atoms with van der Waals surface area (Å²) in [5, 5.41) is 3.14. The van der Waals surface area contributed by atoms with E-state index in [4.69, 9.17) is 0 Å². The molecule has 7 nitrogen and oxygen atoms in total. The van der Waals surface area contributed by atoms with Crippen LogP contribution in [0, 0.1) is 5.92 Å². The molecule has 0 aliphatic carbocycles. The molecule has 3 atom stereocenters. The van der Waals surface area contributed by atoms with Crippen molar-refractivity contribution in [2.75, 3.05) is 37.6 Å². The second kappa shape index (κ2) is 9.76. The van der Waals surface area contributed by atoms with E-state index in [1.165, 1.54) is 5.57 Å². The van der Waals surface area contributed by atoms with Crippen LogP contribution in [0.4, 0.5) is 5.69 Å². The summed E-state index contributed by atoms with van der Waals surface area (Å²) in [4.78, 5) is 47.0. The van der Waals surface area contributed by atoms with Crippen LogP contribution in [-0.4, -0.2) is 66.3 Å². The zero-order valence-electron chi connectivity index (χ0n) is 21.1. The van der Waals surface area contributed by atoms with Crippen molar-refractivity contribution in [1.29, 1.82) is 0 Å². The van der Waals surface area contributed by atoms with Gasteiger partial charge in [-0.2, -0.15) is 0 Å². The van der Waals surface area contributed by atoms with E-state index >= 15 is 0 Å². The second-order valence-corrected chi connectivity index (χ2v) is 10.7. The fraction of sp³-hybridized carbons (Fsp3) is 0.607. The van der Waals surface area contributed by atoms with Crippen molar-refractivity contribution in [2.24, 2.45) is 5.92 Å². The van der Waals surface area contributed by atoms with Crippen molar-refractivity contribution in [2.45, 2.75) is 70.4 Å². The Kier molecular flexibility index (Phi) is 6.71. The van der Waals surface area contributed by atoms with Crippen LogP contribution in [0.2, 0.25) is 0 Å². The second-order valence-electron chi connectivity index (χ2n) is 10.7. The van der Waals surface area contributed by atoms with Crippen molar-refractivity contribution in [3.63, 3.8) is 0 Å². The Morgan fingerprint density at radius 1 is 1.09 bits per heavy atom. The van der Waals surface area contributed by atoms with Gasteiger partial charge < -0.3 is 15.1 Å². The summed E-state index contributed by atoms with van der Waals surface area (Å²) >= 11 is 0. The summed E-state index contributed by atoms with van der Waals surface area (Å²) < 4.78 is 0. The van der Waals surface area contributed by atoms with Crippen molar-refractivity contribution in [3.8, 4) is 0 Å². The van der Waals surface area contributed by atoms with E-state index in [1.807, 2.05) is 41.8 Å². The molecule has 4 heterocycles. The fourth-order valence-electron chi connectivity index (χ4n) is 6.81. The molecule has 3 saturated heterocycles. The predicted molar refractivity (Wildman–Crippen MR) is 136 cm³/mol. The molecule has 1 N–H and O–H groups in total. The van der Waals surface area contributed by atoms with Crippen LogP contribution >= 0.6 is 0 Å². The largest absolute Gasteiger partial charge is 0.356 e. The lowest BCUT2D eigenvalue weighted by Crippen LogP contribution is -2.56. The molecule has 0 radical (unpaired) electrons. The summed E-state index contributed by atoms with van der Waals surface area (Å²) in [5.41, 5.74) is 2.24. The van der Waals surface area contributed by atoms with Gasteiger partial charge in [-0.3, -0.25) is 19.3 Å². The SMILES string of the molecule is CC(C)=CCCC(=O)N1CCCNC(=O)[C@@H]2C[C@@H]3CCCN3[C@@]23C(=O)N(CCC1)c1ccccc13. The minimum Gasteiger partial charge on any atom is -0.356 e. The number of carbonyl (C=O) groups is 3. The highest BCUT2D eigenvalue weighted by atomic mass is 16.2. The normalized spacial score (nSPS) is 28.9. The lowest BCUT2D eigenvalue weighted by molar-refractivity contribution is -0.138. The lowest BCUT2D eigenvalue weighted by atomic mass is 9.78. The maximum atomic E-state index is 14.3. The van der Waals surface area contributed by atoms with E-state index in [0.717, 1.165) is 56.3 Å². The first-order chi connectivity index (χ1) is 16.9. The van der Waals surface area contributed by atoms with Gasteiger partial charge in [0, 0.05) is 49.9 Å². The summed E-state index contributed by atoms with van der Waals surface area (Å²) in [6.07, 6.45) is 7.63. The first-order valence-corrected chi connectivity index (χ1v) is 13.3. The van der Waals surface area contributed by atoms with Crippen LogP contribution in [0.5, 0.6) is 0 Å². The third kappa shape index (κ3) is 4.07. The lowest BCUT2D eigenvalue weighted by Gasteiger charge is -2.37. The monoisotopic (exact) mass is 478 g/mol. The molecule has 7 heteroatoms. The summed E-state index contributed by atoms with van der Waals surface area (Å²) in [6, 6.07) is 8.33. The molecule has 1 spiro atoms. The molecule has 0 saturated carbocycles. The van der Waals surface area contributed by atoms with Gasteiger partial charge in [-0.1, -0.05) is 29.8 Å². The Morgan fingerprint density at radius 2 is 1.89 bits per heavy atom. The molecule has 188 valence electrons. The Labute approximate surface area is 208 Å². The number of nitrogens with one attached hydrogen (secondary N) is 1. The van der Waals surface area contributed by atoms with Gasteiger partial charge in [-0.15, -0.1) is 0 Å². The fourth-order valence-corrected chi connectivity index (χ4v) is 6.81. The van der Waals surface area contributed by atoms with E-state index < -0.39 is 5.54 Å². The quantitative estimate of drug-likeness (QED) is 0.678. The van der Waals surface area contributed by atoms with E-state index in [2.05, 4.69) is 22.4 Å². The van der Waals surface area contributed by atoms with Crippen LogP contribution < -0.4 is 10.2 Å². The van der Waals surface area contributed by atoms with Gasteiger partial charge in [0.1, 0.15) is 5.54 Å². The number of nitrogens with zero attached hydrogens (tertiary/aromatic N) is 3. The van der Waals surface area contributed by atoms with Crippen LogP contribution in [0.1, 0.15) is 64.4 Å². The van der Waals surface area contributed by atoms with Gasteiger partial charge in [0.05, 0.1) is 5.92 Å². The molecule has 0 aromatic heterocycles. The highest BCUT2D eigenvalue weighted by molar-refractivity contribution is 6.10. The van der Waals surface area contributed by atoms with Crippen LogP contribution in [0.3, 0.4) is 0 Å². The number of rotatable bonds is 3. The van der Waals surface area contributed by atoms with Gasteiger partial charge in [0.25, 0.3) is 5.91 Å². The van der Waals surface area contributed by atoms with E-state index in [9.17, 15) is 14.4 Å². The minimum absolute atomic E-state index is 0.0231. The summed E-state index contributed by atoms with van der Waals surface area (Å²) in [7, 11) is 0. The number of hydrogen-bond donors (Lipinski definition) is 1. The van der Waals surface area contributed by atoms with E-state index in [0.29, 0.717) is 32.6 Å². The highest BCUT2D eigenvalue weighted by Crippen LogP contribution is 2.57. The molecule has 4 aliphatic rings. The molecule has 35 heavy (non-hydrogen) atoms. The smallest absolute Gasteiger partial charge is 0.253 e. The standard InChI is InChI=1S/C28H38N4O3/c1-20(2)9-5-13-25(33)30-15-7-14-29-26(34)23-19-21-10-6-18-32(21)28(23)22-11-3-4-12-24(22)31(27(28)35)17-8-16-30/h3-4,9,11-12,21,23H,5-8,10,13-19H2,1-2H3,(H,29,34)/t21-,23-,28+/m0/s1. The molecular weight excluding hydrogens is 440 g/mol. The van der Waals surface area contributed by atoms with Gasteiger partial charge in [-0.25, -0.2) is 0 Å². The number of hydrogen-bond acceptors (Lipinski definition) is 4. The zero-order chi connectivity index (χ0) is 24.6. The van der Waals surface area contributed by atoms with E-state index in [1.54, 1.807) is 0 Å². The number of para-hydroxylation sites is 1. The van der Waals surface area contributed by atoms with Gasteiger partial charge in [0.2, 0.25) is 11.8 Å². The van der Waals surface area contributed by atoms with Crippen LogP contribution in [0.15, 0.2) is 35.9 Å². The molecule has 2 bridgehead atoms. The average Bonchev–Trinajstić information content (AvgIpc) is 3.49. The predicted octanol–water partition coefficient (Wildman–Crippen LogP) is 3.20. The van der Waals surface area contributed by atoms with Crippen LogP contribution in [-0.2, 0) is 19.9 Å². The zero-order valence-corrected chi connectivity index (χ0v) is 21.1. The maximum absolute atomic E-state index is 14.3. The highest BCUT2D eigenvalue weighted by Gasteiger charge is 2.66. The average molecular weight is 479 g/mol. The van der Waals surface area contributed by atoms with Crippen LogP contribution in [0.25, 0.3) is 0 Å². The van der Waals surface area contributed by atoms with E-state index in [-0.39, 0.29) is 29.7 Å². The number of fused-ring (bicyclic) bond motifs is 4. The number of allylic oxidation sites excluding steroid dienone is 2. The van der Waals surface area contributed by atoms with Crippen molar-refractivity contribution in [1.82, 2.24) is 15.1 Å². The molecule has 1 aromatic rings. The Hall–Kier alpha value is -2.67. The van der Waals surface area contributed by atoms with Gasteiger partial charge in [-0.05, 0) is 65.0 Å². The third-order valence-electron chi connectivity index (χ3n) is 8.31. The first kappa shape index (κ1) is 24.0. The van der Waals surface area contributed by atoms with Crippen molar-refractivity contribution >= 4 is 23.4 Å².